The monoisotopic (exact) mass is 449 g/mol. The normalized spacial score (nSPS) is 17.3. The first kappa shape index (κ1) is 22.3. The summed E-state index contributed by atoms with van der Waals surface area (Å²) >= 11 is 0. The van der Waals surface area contributed by atoms with Crippen LogP contribution in [0.1, 0.15) is 30.5 Å². The van der Waals surface area contributed by atoms with Gasteiger partial charge in [0, 0.05) is 11.8 Å². The second kappa shape index (κ2) is 9.28. The minimum Gasteiger partial charge on any atom is -0.491 e. The molecule has 33 heavy (non-hydrogen) atoms. The van der Waals surface area contributed by atoms with Crippen molar-refractivity contribution in [2.45, 2.75) is 32.4 Å². The van der Waals surface area contributed by atoms with Gasteiger partial charge in [-0.15, -0.1) is 0 Å². The minimum atomic E-state index is -0.904. The molecule has 4 rings (SSSR count). The van der Waals surface area contributed by atoms with E-state index in [2.05, 4.69) is 15.3 Å². The number of nitrogens with one attached hydrogen (secondary N) is 1. The van der Waals surface area contributed by atoms with Crippen molar-refractivity contribution in [1.82, 2.24) is 10.5 Å². The van der Waals surface area contributed by atoms with E-state index < -0.39 is 11.5 Å². The van der Waals surface area contributed by atoms with Crippen LogP contribution in [0.3, 0.4) is 0 Å². The van der Waals surface area contributed by atoms with E-state index in [9.17, 15) is 9.18 Å². The molecule has 2 aromatic carbocycles. The number of hydrogen-bond acceptors (Lipinski definition) is 7. The van der Waals surface area contributed by atoms with Crippen LogP contribution < -0.4 is 10.2 Å². The molecule has 0 aliphatic carbocycles. The van der Waals surface area contributed by atoms with E-state index in [1.807, 2.05) is 63.2 Å². The number of aromatic nitrogens is 1. The van der Waals surface area contributed by atoms with E-state index in [0.717, 1.165) is 33.6 Å². The van der Waals surface area contributed by atoms with Crippen LogP contribution in [0.5, 0.6) is 5.75 Å². The van der Waals surface area contributed by atoms with Gasteiger partial charge in [0.1, 0.15) is 12.4 Å². The fourth-order valence-electron chi connectivity index (χ4n) is 3.80. The molecule has 0 radical (unpaired) electrons. The Hall–Kier alpha value is -3.94. The fourth-order valence-corrected chi connectivity index (χ4v) is 3.80. The highest BCUT2D eigenvalue weighted by Crippen LogP contribution is 2.40. The maximum atomic E-state index is 13.3. The average molecular weight is 449 g/mol. The van der Waals surface area contributed by atoms with Gasteiger partial charge in [0.25, 0.3) is 0 Å². The number of aryl methyl sites for hydroxylation is 1. The number of ether oxygens (including phenoxy) is 2. The third-order valence-corrected chi connectivity index (χ3v) is 5.32. The lowest BCUT2D eigenvalue weighted by Gasteiger charge is -2.27. The number of carbonyl (C=O) groups excluding carboxylic acids is 1. The number of hydrogen-bond donors (Lipinski definition) is 1. The quantitative estimate of drug-likeness (QED) is 0.329. The van der Waals surface area contributed by atoms with Gasteiger partial charge in [-0.1, -0.05) is 24.3 Å². The molecular weight excluding hydrogens is 425 g/mol. The minimum absolute atomic E-state index is 0.0497. The third kappa shape index (κ3) is 4.64. The van der Waals surface area contributed by atoms with E-state index in [1.165, 1.54) is 12.3 Å². The van der Waals surface area contributed by atoms with Gasteiger partial charge in [0.15, 0.2) is 5.54 Å². The zero-order valence-corrected chi connectivity index (χ0v) is 18.5. The summed E-state index contributed by atoms with van der Waals surface area (Å²) in [5.74, 6) is 0.255. The molecule has 0 bridgehead atoms. The lowest BCUT2D eigenvalue weighted by Crippen LogP contribution is -2.27. The molecule has 3 aromatic rings. The summed E-state index contributed by atoms with van der Waals surface area (Å²) in [5.41, 5.74) is 5.83. The van der Waals surface area contributed by atoms with E-state index in [1.54, 1.807) is 6.07 Å². The Kier molecular flexibility index (Phi) is 6.26. The number of amidine groups is 1. The van der Waals surface area contributed by atoms with Crippen molar-refractivity contribution < 1.29 is 23.5 Å². The fraction of sp³-hybridized carbons (Fsp3) is 0.240. The average Bonchev–Trinajstić information content (AvgIpc) is 3.25. The Bertz CT molecular complexity index is 1180. The second-order valence-electron chi connectivity index (χ2n) is 7.98. The third-order valence-electron chi connectivity index (χ3n) is 5.32. The zero-order valence-electron chi connectivity index (χ0n) is 18.5. The molecule has 1 N–H and O–H groups in total. The Morgan fingerprint density at radius 3 is 2.64 bits per heavy atom. The number of halogens is 1. The van der Waals surface area contributed by atoms with Gasteiger partial charge in [-0.05, 0) is 73.4 Å². The lowest BCUT2D eigenvalue weighted by molar-refractivity contribution is -0.132. The van der Waals surface area contributed by atoms with Crippen LogP contribution in [0.4, 0.5) is 4.39 Å². The molecule has 8 heteroatoms. The van der Waals surface area contributed by atoms with Crippen molar-refractivity contribution in [3.8, 4) is 16.9 Å². The molecule has 1 atom stereocenters. The molecule has 1 aliphatic rings. The highest BCUT2D eigenvalue weighted by molar-refractivity contribution is 5.77. The second-order valence-corrected chi connectivity index (χ2v) is 7.98. The standard InChI is InChI=1S/C25H24FN3O4/c1-16(2)33-22-9-8-21(11-17(22)3)25(14-31-24(28-25)29-32-15-30)20-6-4-5-18(12-20)19-7-10-23(26)27-13-19/h4-13,15-16H,14H2,1-3H3,(H,28,29). The van der Waals surface area contributed by atoms with Crippen LogP contribution >= 0.6 is 0 Å². The SMILES string of the molecule is Cc1cc(C2(c3cccc(-c4ccc(F)nc4)c3)COC(NOC=O)=N2)ccc1OC(C)C. The molecule has 0 saturated heterocycles. The van der Waals surface area contributed by atoms with Crippen LogP contribution in [-0.2, 0) is 19.9 Å². The van der Waals surface area contributed by atoms with Crippen LogP contribution in [0.15, 0.2) is 65.8 Å². The molecule has 0 saturated carbocycles. The van der Waals surface area contributed by atoms with Crippen molar-refractivity contribution in [1.29, 1.82) is 0 Å². The van der Waals surface area contributed by atoms with E-state index in [4.69, 9.17) is 14.5 Å². The molecular formula is C25H24FN3O4. The smallest absolute Gasteiger partial charge is 0.320 e. The summed E-state index contributed by atoms with van der Waals surface area (Å²) < 4.78 is 24.9. The predicted molar refractivity (Wildman–Crippen MR) is 121 cm³/mol. The highest BCUT2D eigenvalue weighted by atomic mass is 19.1. The molecule has 1 unspecified atom stereocenters. The van der Waals surface area contributed by atoms with E-state index in [0.29, 0.717) is 0 Å². The van der Waals surface area contributed by atoms with Gasteiger partial charge in [0.05, 0.1) is 6.10 Å². The number of pyridine rings is 1. The van der Waals surface area contributed by atoms with E-state index in [-0.39, 0.29) is 25.2 Å². The van der Waals surface area contributed by atoms with Gasteiger partial charge in [0.2, 0.25) is 5.95 Å². The van der Waals surface area contributed by atoms with Gasteiger partial charge >= 0.3 is 12.5 Å². The Morgan fingerprint density at radius 1 is 1.12 bits per heavy atom. The van der Waals surface area contributed by atoms with Crippen molar-refractivity contribution in [3.63, 3.8) is 0 Å². The van der Waals surface area contributed by atoms with Gasteiger partial charge in [-0.2, -0.15) is 9.87 Å². The number of aliphatic imine (C=N–C) groups is 1. The van der Waals surface area contributed by atoms with Gasteiger partial charge in [-0.25, -0.2) is 9.98 Å². The molecule has 170 valence electrons. The number of nitrogens with zero attached hydrogens (tertiary/aromatic N) is 2. The molecule has 1 aromatic heterocycles. The molecule has 2 heterocycles. The molecule has 0 spiro atoms. The first-order valence-corrected chi connectivity index (χ1v) is 10.5. The Balaban J connectivity index is 1.81. The number of benzene rings is 2. The molecule has 0 fully saturated rings. The number of rotatable bonds is 7. The first-order valence-electron chi connectivity index (χ1n) is 10.5. The van der Waals surface area contributed by atoms with Crippen molar-refractivity contribution >= 4 is 12.5 Å². The largest absolute Gasteiger partial charge is 0.491 e. The Labute approximate surface area is 191 Å². The van der Waals surface area contributed by atoms with Crippen LogP contribution in [0, 0.1) is 12.9 Å². The zero-order chi connectivity index (χ0) is 23.4. The van der Waals surface area contributed by atoms with Gasteiger partial charge in [-0.3, -0.25) is 4.79 Å². The van der Waals surface area contributed by atoms with Crippen molar-refractivity contribution in [2.24, 2.45) is 4.99 Å². The summed E-state index contributed by atoms with van der Waals surface area (Å²) in [6, 6.07) is 16.7. The summed E-state index contributed by atoms with van der Waals surface area (Å²) in [4.78, 5) is 23.8. The first-order chi connectivity index (χ1) is 15.9. The van der Waals surface area contributed by atoms with Crippen LogP contribution in [0.25, 0.3) is 11.1 Å². The van der Waals surface area contributed by atoms with E-state index >= 15 is 0 Å². The number of carbonyl (C=O) groups is 1. The molecule has 0 amide bonds. The molecule has 1 aliphatic heterocycles. The van der Waals surface area contributed by atoms with Crippen LogP contribution in [-0.4, -0.2) is 30.2 Å². The summed E-state index contributed by atoms with van der Waals surface area (Å²) in [6.45, 7) is 6.38. The van der Waals surface area contributed by atoms with Crippen LogP contribution in [0.2, 0.25) is 0 Å². The molecule has 7 nitrogen and oxygen atoms in total. The maximum absolute atomic E-state index is 13.3. The summed E-state index contributed by atoms with van der Waals surface area (Å²) in [5, 5.41) is 0. The summed E-state index contributed by atoms with van der Waals surface area (Å²) in [6.07, 6.45) is 1.54. The van der Waals surface area contributed by atoms with Gasteiger partial charge < -0.3 is 14.3 Å². The number of hydroxylamine groups is 1. The predicted octanol–water partition coefficient (Wildman–Crippen LogP) is 4.29. The van der Waals surface area contributed by atoms with Crippen molar-refractivity contribution in [2.75, 3.05) is 6.61 Å². The topological polar surface area (TPSA) is 82.0 Å². The van der Waals surface area contributed by atoms with Crippen molar-refractivity contribution in [3.05, 3.63) is 83.4 Å². The maximum Gasteiger partial charge on any atom is 0.320 e. The lowest BCUT2D eigenvalue weighted by atomic mass is 9.82. The Morgan fingerprint density at radius 2 is 1.94 bits per heavy atom. The summed E-state index contributed by atoms with van der Waals surface area (Å²) in [7, 11) is 0. The highest BCUT2D eigenvalue weighted by Gasteiger charge is 2.41.